The number of carbonyl (C=O) groups excluding carboxylic acids is 1. The van der Waals surface area contributed by atoms with Gasteiger partial charge in [0.15, 0.2) is 11.5 Å². The summed E-state index contributed by atoms with van der Waals surface area (Å²) in [7, 11) is 0.0369. The lowest BCUT2D eigenvalue weighted by atomic mass is 10.0. The molecule has 1 heterocycles. The molecule has 0 amide bonds. The van der Waals surface area contributed by atoms with Crippen molar-refractivity contribution in [3.8, 4) is 5.75 Å². The van der Waals surface area contributed by atoms with Gasteiger partial charge in [0, 0.05) is 17.7 Å². The van der Waals surface area contributed by atoms with Gasteiger partial charge in [0.05, 0.1) is 39.6 Å². The molecule has 0 radical (unpaired) electrons. The minimum Gasteiger partial charge on any atom is -0.495 e. The second-order valence-corrected chi connectivity index (χ2v) is 6.81. The highest BCUT2D eigenvalue weighted by molar-refractivity contribution is 7.84. The number of nitrogens with zero attached hydrogens (tertiary/aromatic N) is 1. The molecule has 1 saturated carbocycles. The fourth-order valence-electron chi connectivity index (χ4n) is 2.36. The molecule has 116 valence electrons. The summed E-state index contributed by atoms with van der Waals surface area (Å²) < 4.78 is 22.4. The van der Waals surface area contributed by atoms with Crippen LogP contribution in [0.3, 0.4) is 0 Å². The maximum atomic E-state index is 12.8. The smallest absolute Gasteiger partial charge is 0.199 e. The van der Waals surface area contributed by atoms with Gasteiger partial charge in [-0.25, -0.2) is 0 Å². The van der Waals surface area contributed by atoms with E-state index in [1.807, 2.05) is 0 Å². The third-order valence-electron chi connectivity index (χ3n) is 3.60. The van der Waals surface area contributed by atoms with Crippen molar-refractivity contribution in [2.45, 2.75) is 23.7 Å². The van der Waals surface area contributed by atoms with Crippen molar-refractivity contribution in [2.75, 3.05) is 13.4 Å². The van der Waals surface area contributed by atoms with E-state index in [0.717, 1.165) is 12.8 Å². The van der Waals surface area contributed by atoms with E-state index in [1.165, 1.54) is 19.6 Å². The Balaban J connectivity index is 2.11. The molecule has 1 atom stereocenters. The van der Waals surface area contributed by atoms with Crippen molar-refractivity contribution in [3.63, 3.8) is 0 Å². The minimum atomic E-state index is -1.43. The maximum absolute atomic E-state index is 12.8. The summed E-state index contributed by atoms with van der Waals surface area (Å²) >= 11 is 6.22. The normalized spacial score (nSPS) is 15.6. The maximum Gasteiger partial charge on any atom is 0.199 e. The van der Waals surface area contributed by atoms with Crippen LogP contribution in [0.2, 0.25) is 5.02 Å². The Bertz CT molecular complexity index is 767. The van der Waals surface area contributed by atoms with Crippen LogP contribution in [0, 0.1) is 0 Å². The first-order chi connectivity index (χ1) is 10.5. The zero-order chi connectivity index (χ0) is 15.9. The van der Waals surface area contributed by atoms with Gasteiger partial charge in [-0.3, -0.25) is 9.00 Å². The van der Waals surface area contributed by atoms with Crippen LogP contribution in [0.5, 0.6) is 5.75 Å². The number of hydrogen-bond donors (Lipinski definition) is 0. The fourth-order valence-corrected chi connectivity index (χ4v) is 3.75. The van der Waals surface area contributed by atoms with E-state index in [-0.39, 0.29) is 27.2 Å². The number of aromatic nitrogens is 1. The van der Waals surface area contributed by atoms with Gasteiger partial charge in [0.25, 0.3) is 0 Å². The van der Waals surface area contributed by atoms with Gasteiger partial charge in [-0.05, 0) is 25.0 Å². The largest absolute Gasteiger partial charge is 0.495 e. The Morgan fingerprint density at radius 3 is 2.73 bits per heavy atom. The van der Waals surface area contributed by atoms with Crippen LogP contribution >= 0.6 is 11.6 Å². The van der Waals surface area contributed by atoms with Crippen molar-refractivity contribution < 1.29 is 18.3 Å². The highest BCUT2D eigenvalue weighted by atomic mass is 35.5. The standard InChI is InChI=1S/C15H14ClNO4S/c1-20-11-6-5-9(15(12(11)16)22(2)19)13(18)10-7-17-21-14(10)8-3-4-8/h5-8H,3-4H2,1-2H3. The summed E-state index contributed by atoms with van der Waals surface area (Å²) in [5.74, 6) is 0.963. The molecule has 1 aliphatic rings. The highest BCUT2D eigenvalue weighted by Gasteiger charge is 2.33. The van der Waals surface area contributed by atoms with Crippen LogP contribution in [0.25, 0.3) is 0 Å². The van der Waals surface area contributed by atoms with Crippen LogP contribution in [-0.4, -0.2) is 28.5 Å². The Morgan fingerprint density at radius 1 is 1.41 bits per heavy atom. The van der Waals surface area contributed by atoms with E-state index < -0.39 is 10.8 Å². The SMILES string of the molecule is COc1ccc(C(=O)c2cnoc2C2CC2)c(S(C)=O)c1Cl. The molecule has 3 rings (SSSR count). The van der Waals surface area contributed by atoms with E-state index in [0.29, 0.717) is 17.1 Å². The van der Waals surface area contributed by atoms with E-state index in [4.69, 9.17) is 20.9 Å². The lowest BCUT2D eigenvalue weighted by Crippen LogP contribution is -2.08. The summed E-state index contributed by atoms with van der Waals surface area (Å²) in [6.45, 7) is 0. The van der Waals surface area contributed by atoms with Gasteiger partial charge < -0.3 is 9.26 Å². The molecule has 0 N–H and O–H groups in total. The number of rotatable bonds is 5. The second-order valence-electron chi connectivity index (χ2n) is 5.12. The molecule has 0 aliphatic heterocycles. The number of benzene rings is 1. The van der Waals surface area contributed by atoms with Gasteiger partial charge in [0.2, 0.25) is 0 Å². The Morgan fingerprint density at radius 2 is 2.14 bits per heavy atom. The first kappa shape index (κ1) is 15.2. The topological polar surface area (TPSA) is 69.4 Å². The molecule has 0 spiro atoms. The molecule has 0 saturated heterocycles. The van der Waals surface area contributed by atoms with Gasteiger partial charge >= 0.3 is 0 Å². The molecule has 1 unspecified atom stereocenters. The first-order valence-corrected chi connectivity index (χ1v) is 8.67. The zero-order valence-corrected chi connectivity index (χ0v) is 13.7. The van der Waals surface area contributed by atoms with Crippen molar-refractivity contribution >= 4 is 28.2 Å². The number of ketones is 1. The van der Waals surface area contributed by atoms with E-state index in [9.17, 15) is 9.00 Å². The van der Waals surface area contributed by atoms with Gasteiger partial charge in [-0.2, -0.15) is 0 Å². The predicted molar refractivity (Wildman–Crippen MR) is 82.2 cm³/mol. The third-order valence-corrected chi connectivity index (χ3v) is 5.09. The lowest BCUT2D eigenvalue weighted by molar-refractivity contribution is 0.103. The van der Waals surface area contributed by atoms with Crippen molar-refractivity contribution in [2.24, 2.45) is 0 Å². The van der Waals surface area contributed by atoms with Crippen LogP contribution in [0.4, 0.5) is 0 Å². The molecule has 0 bridgehead atoms. The van der Waals surface area contributed by atoms with Crippen molar-refractivity contribution in [1.82, 2.24) is 5.16 Å². The summed E-state index contributed by atoms with van der Waals surface area (Å²) in [6.07, 6.45) is 4.88. The number of hydrogen-bond acceptors (Lipinski definition) is 5. The Kier molecular flexibility index (Phi) is 4.06. The van der Waals surface area contributed by atoms with Crippen LogP contribution in [0.1, 0.15) is 40.4 Å². The monoisotopic (exact) mass is 339 g/mol. The summed E-state index contributed by atoms with van der Waals surface area (Å²) in [4.78, 5) is 13.1. The molecule has 7 heteroatoms. The van der Waals surface area contributed by atoms with Crippen LogP contribution < -0.4 is 4.74 Å². The molecule has 1 aromatic heterocycles. The number of methoxy groups -OCH3 is 1. The highest BCUT2D eigenvalue weighted by Crippen LogP contribution is 2.42. The summed E-state index contributed by atoms with van der Waals surface area (Å²) in [5, 5.41) is 3.92. The average molecular weight is 340 g/mol. The fraction of sp³-hybridized carbons (Fsp3) is 0.333. The van der Waals surface area contributed by atoms with Gasteiger partial charge in [0.1, 0.15) is 5.75 Å². The van der Waals surface area contributed by atoms with Crippen molar-refractivity contribution in [3.05, 3.63) is 40.2 Å². The molecule has 22 heavy (non-hydrogen) atoms. The molecule has 1 aromatic carbocycles. The molecule has 5 nitrogen and oxygen atoms in total. The first-order valence-electron chi connectivity index (χ1n) is 6.73. The van der Waals surface area contributed by atoms with Crippen LogP contribution in [0.15, 0.2) is 27.7 Å². The molecule has 1 aliphatic carbocycles. The van der Waals surface area contributed by atoms with E-state index in [1.54, 1.807) is 12.1 Å². The summed E-state index contributed by atoms with van der Waals surface area (Å²) in [5.41, 5.74) is 0.701. The van der Waals surface area contributed by atoms with Crippen molar-refractivity contribution in [1.29, 1.82) is 0 Å². The minimum absolute atomic E-state index is 0.193. The van der Waals surface area contributed by atoms with Crippen LogP contribution in [-0.2, 0) is 10.8 Å². The van der Waals surface area contributed by atoms with E-state index in [2.05, 4.69) is 5.16 Å². The average Bonchev–Trinajstić information content (AvgIpc) is 3.22. The predicted octanol–water partition coefficient (Wildman–Crippen LogP) is 3.18. The Hall–Kier alpha value is -1.66. The molecular formula is C15H14ClNO4S. The lowest BCUT2D eigenvalue weighted by Gasteiger charge is -2.11. The zero-order valence-electron chi connectivity index (χ0n) is 12.1. The Labute approximate surface area is 135 Å². The number of ether oxygens (including phenoxy) is 1. The third kappa shape index (κ3) is 2.57. The summed E-state index contributed by atoms with van der Waals surface area (Å²) in [6, 6.07) is 3.17. The quantitative estimate of drug-likeness (QED) is 0.782. The van der Waals surface area contributed by atoms with Gasteiger partial charge in [-0.1, -0.05) is 16.8 Å². The molecule has 1 fully saturated rings. The molecular weight excluding hydrogens is 326 g/mol. The van der Waals surface area contributed by atoms with Gasteiger partial charge in [-0.15, -0.1) is 0 Å². The number of halogens is 1. The van der Waals surface area contributed by atoms with E-state index >= 15 is 0 Å². The second kappa shape index (κ2) is 5.85. The molecule has 2 aromatic rings. The number of carbonyl (C=O) groups is 1.